The first-order valence-corrected chi connectivity index (χ1v) is 6.55. The van der Waals surface area contributed by atoms with Crippen molar-refractivity contribution < 1.29 is 0 Å². The zero-order valence-electron chi connectivity index (χ0n) is 11.4. The van der Waals surface area contributed by atoms with E-state index in [0.29, 0.717) is 12.0 Å². The molecule has 1 nitrogen and oxygen atoms in total. The number of allylic oxidation sites excluding steroid dienone is 2. The molecule has 90 valence electrons. The van der Waals surface area contributed by atoms with Gasteiger partial charge in [0.05, 0.1) is 6.04 Å². The fourth-order valence-corrected chi connectivity index (χ4v) is 2.47. The first kappa shape index (κ1) is 13.2. The Morgan fingerprint density at radius 1 is 1.31 bits per heavy atom. The van der Waals surface area contributed by atoms with Gasteiger partial charge in [-0.1, -0.05) is 44.9 Å². The van der Waals surface area contributed by atoms with Gasteiger partial charge in [-0.2, -0.15) is 0 Å². The molecule has 2 atom stereocenters. The lowest BCUT2D eigenvalue weighted by atomic mass is 9.84. The Balaban J connectivity index is 3.05. The molecular weight excluding hydrogens is 194 g/mol. The zero-order valence-corrected chi connectivity index (χ0v) is 11.4. The van der Waals surface area contributed by atoms with Crippen LogP contribution in [0.5, 0.6) is 0 Å². The van der Waals surface area contributed by atoms with E-state index < -0.39 is 0 Å². The maximum atomic E-state index is 4.92. The van der Waals surface area contributed by atoms with Crippen molar-refractivity contribution in [1.29, 1.82) is 0 Å². The van der Waals surface area contributed by atoms with Gasteiger partial charge in [-0.3, -0.25) is 4.99 Å². The summed E-state index contributed by atoms with van der Waals surface area (Å²) in [6.45, 7) is 11.1. The van der Waals surface area contributed by atoms with Crippen molar-refractivity contribution in [2.75, 3.05) is 0 Å². The van der Waals surface area contributed by atoms with Gasteiger partial charge in [0.2, 0.25) is 0 Å². The molecule has 0 N–H and O–H groups in total. The minimum absolute atomic E-state index is 0.363. The summed E-state index contributed by atoms with van der Waals surface area (Å²) in [7, 11) is 0. The van der Waals surface area contributed by atoms with Gasteiger partial charge < -0.3 is 0 Å². The summed E-state index contributed by atoms with van der Waals surface area (Å²) < 4.78 is 0. The van der Waals surface area contributed by atoms with Gasteiger partial charge in [0.25, 0.3) is 0 Å². The normalized spacial score (nSPS) is 26.4. The van der Waals surface area contributed by atoms with Crippen LogP contribution in [0.2, 0.25) is 0 Å². The first-order chi connectivity index (χ1) is 7.65. The topological polar surface area (TPSA) is 12.4 Å². The van der Waals surface area contributed by atoms with Gasteiger partial charge in [-0.05, 0) is 32.3 Å². The molecule has 0 aliphatic carbocycles. The molecule has 0 aromatic rings. The second-order valence-electron chi connectivity index (χ2n) is 4.65. The first-order valence-electron chi connectivity index (χ1n) is 6.55. The molecule has 0 amide bonds. The van der Waals surface area contributed by atoms with Gasteiger partial charge in [0.1, 0.15) is 0 Å². The summed E-state index contributed by atoms with van der Waals surface area (Å²) in [5.74, 6) is 0.562. The Morgan fingerprint density at radius 3 is 2.50 bits per heavy atom. The molecule has 0 spiro atoms. The number of aliphatic imine (C=N–C) groups is 1. The van der Waals surface area contributed by atoms with Crippen LogP contribution in [0.25, 0.3) is 0 Å². The quantitative estimate of drug-likeness (QED) is 0.615. The van der Waals surface area contributed by atoms with Crippen molar-refractivity contribution in [1.82, 2.24) is 0 Å². The predicted molar refractivity (Wildman–Crippen MR) is 73.1 cm³/mol. The van der Waals surface area contributed by atoms with Crippen molar-refractivity contribution in [3.8, 4) is 0 Å². The molecule has 0 aromatic heterocycles. The third kappa shape index (κ3) is 2.63. The summed E-state index contributed by atoms with van der Waals surface area (Å²) in [6.07, 6.45) is 7.79. The van der Waals surface area contributed by atoms with Crippen LogP contribution < -0.4 is 0 Å². The van der Waals surface area contributed by atoms with Crippen molar-refractivity contribution in [2.24, 2.45) is 10.9 Å². The van der Waals surface area contributed by atoms with Crippen molar-refractivity contribution in [2.45, 2.75) is 59.9 Å². The molecule has 1 aliphatic rings. The van der Waals surface area contributed by atoms with E-state index in [1.165, 1.54) is 17.7 Å². The van der Waals surface area contributed by atoms with Crippen molar-refractivity contribution in [3.05, 3.63) is 23.3 Å². The Kier molecular flexibility index (Phi) is 4.98. The van der Waals surface area contributed by atoms with E-state index >= 15 is 0 Å². The molecule has 0 bridgehead atoms. The highest BCUT2D eigenvalue weighted by Crippen LogP contribution is 2.30. The van der Waals surface area contributed by atoms with E-state index in [4.69, 9.17) is 4.99 Å². The lowest BCUT2D eigenvalue weighted by molar-refractivity contribution is 0.580. The van der Waals surface area contributed by atoms with E-state index in [1.807, 2.05) is 0 Å². The van der Waals surface area contributed by atoms with Crippen LogP contribution in [0.4, 0.5) is 0 Å². The predicted octanol–water partition coefficient (Wildman–Crippen LogP) is 4.55. The standard InChI is InChI=1S/C15H25N/c1-6-9-14-12(5)11(4)13(8-3)15(16-14)10-7-2/h6,9,12,14H,7-8,10H2,1-5H3/b9-6-. The smallest absolute Gasteiger partial charge is 0.0745 e. The number of hydrogen-bond donors (Lipinski definition) is 0. The lowest BCUT2D eigenvalue weighted by Gasteiger charge is -2.28. The minimum Gasteiger partial charge on any atom is -0.281 e. The van der Waals surface area contributed by atoms with Crippen LogP contribution in [-0.2, 0) is 0 Å². The van der Waals surface area contributed by atoms with Crippen LogP contribution in [0.1, 0.15) is 53.9 Å². The largest absolute Gasteiger partial charge is 0.281 e. The Hall–Kier alpha value is -0.850. The van der Waals surface area contributed by atoms with Crippen LogP contribution in [0, 0.1) is 5.92 Å². The van der Waals surface area contributed by atoms with Gasteiger partial charge in [-0.15, -0.1) is 0 Å². The maximum absolute atomic E-state index is 4.92. The molecule has 0 aromatic carbocycles. The summed E-state index contributed by atoms with van der Waals surface area (Å²) in [5, 5.41) is 0. The molecule has 0 fully saturated rings. The Morgan fingerprint density at radius 2 is 2.00 bits per heavy atom. The van der Waals surface area contributed by atoms with E-state index in [2.05, 4.69) is 46.8 Å². The van der Waals surface area contributed by atoms with Gasteiger partial charge >= 0.3 is 0 Å². The molecule has 0 radical (unpaired) electrons. The molecule has 16 heavy (non-hydrogen) atoms. The zero-order chi connectivity index (χ0) is 12.1. The van der Waals surface area contributed by atoms with Crippen molar-refractivity contribution in [3.63, 3.8) is 0 Å². The molecule has 0 saturated heterocycles. The molecule has 1 heterocycles. The van der Waals surface area contributed by atoms with Gasteiger partial charge in [0.15, 0.2) is 0 Å². The summed E-state index contributed by atoms with van der Waals surface area (Å²) in [6, 6.07) is 0.363. The summed E-state index contributed by atoms with van der Waals surface area (Å²) in [4.78, 5) is 4.92. The number of nitrogens with zero attached hydrogens (tertiary/aromatic N) is 1. The highest BCUT2D eigenvalue weighted by atomic mass is 14.8. The van der Waals surface area contributed by atoms with Gasteiger partial charge in [-0.25, -0.2) is 0 Å². The minimum atomic E-state index is 0.363. The van der Waals surface area contributed by atoms with Gasteiger partial charge in [0, 0.05) is 11.6 Å². The number of dihydropyridines is 1. The molecule has 1 aliphatic heterocycles. The Labute approximate surface area is 100 Å². The van der Waals surface area contributed by atoms with Crippen LogP contribution in [0.3, 0.4) is 0 Å². The average Bonchev–Trinajstić information content (AvgIpc) is 2.27. The third-order valence-electron chi connectivity index (χ3n) is 3.55. The number of rotatable bonds is 4. The monoisotopic (exact) mass is 219 g/mol. The molecule has 2 unspecified atom stereocenters. The van der Waals surface area contributed by atoms with E-state index in [1.54, 1.807) is 5.57 Å². The molecule has 1 heteroatoms. The number of hydrogen-bond acceptors (Lipinski definition) is 1. The SMILES string of the molecule is C/C=C\C1N=C(CCC)C(CC)=C(C)C1C. The van der Waals surface area contributed by atoms with E-state index in [0.717, 1.165) is 12.8 Å². The van der Waals surface area contributed by atoms with Crippen LogP contribution >= 0.6 is 0 Å². The van der Waals surface area contributed by atoms with Crippen LogP contribution in [0.15, 0.2) is 28.3 Å². The second kappa shape index (κ2) is 6.03. The van der Waals surface area contributed by atoms with E-state index in [-0.39, 0.29) is 0 Å². The van der Waals surface area contributed by atoms with Crippen molar-refractivity contribution >= 4 is 5.71 Å². The molecule has 0 saturated carbocycles. The van der Waals surface area contributed by atoms with E-state index in [9.17, 15) is 0 Å². The summed E-state index contributed by atoms with van der Waals surface area (Å²) >= 11 is 0. The third-order valence-corrected chi connectivity index (χ3v) is 3.55. The highest BCUT2D eigenvalue weighted by Gasteiger charge is 2.24. The molecule has 1 rings (SSSR count). The van der Waals surface area contributed by atoms with Crippen LogP contribution in [-0.4, -0.2) is 11.8 Å². The molecular formula is C15H25N. The summed E-state index contributed by atoms with van der Waals surface area (Å²) in [5.41, 5.74) is 4.41. The average molecular weight is 219 g/mol. The Bertz CT molecular complexity index is 320. The highest BCUT2D eigenvalue weighted by molar-refractivity contribution is 6.01. The fraction of sp³-hybridized carbons (Fsp3) is 0.667. The second-order valence-corrected chi connectivity index (χ2v) is 4.65. The lowest BCUT2D eigenvalue weighted by Crippen LogP contribution is -2.25. The fourth-order valence-electron chi connectivity index (χ4n) is 2.47. The maximum Gasteiger partial charge on any atom is 0.0745 e.